The molecular weight excluding hydrogens is 137 g/mol. The van der Waals surface area contributed by atoms with Gasteiger partial charge in [-0.05, 0) is 20.4 Å². The molecule has 0 aliphatic carbocycles. The Morgan fingerprint density at radius 2 is 2.00 bits per heavy atom. The second-order valence-corrected chi connectivity index (χ2v) is 5.48. The Morgan fingerprint density at radius 1 is 1.56 bits per heavy atom. The highest BCUT2D eigenvalue weighted by molar-refractivity contribution is 7.79. The largest absolute Gasteiger partial charge is 0.316 e. The van der Waals surface area contributed by atoms with Gasteiger partial charge in [0, 0.05) is 0 Å². The number of rotatable bonds is 3. The number of carbonyl (C=O) groups excluding carboxylic acids is 1. The van der Waals surface area contributed by atoms with Crippen LogP contribution in [0.2, 0.25) is 0 Å². The number of hydrogen-bond donors (Lipinski definition) is 1. The lowest BCUT2D eigenvalue weighted by Crippen LogP contribution is -2.17. The molecule has 0 rings (SSSR count). The molecule has 0 bridgehead atoms. The molecule has 54 valence electrons. The van der Waals surface area contributed by atoms with E-state index in [1.54, 1.807) is 7.05 Å². The van der Waals surface area contributed by atoms with Crippen molar-refractivity contribution in [3.63, 3.8) is 0 Å². The summed E-state index contributed by atoms with van der Waals surface area (Å²) in [5.74, 6) is 0. The van der Waals surface area contributed by atoms with Gasteiger partial charge in [-0.2, -0.15) is 0 Å². The molecule has 0 aromatic rings. The third-order valence-electron chi connectivity index (χ3n) is 0.929. The summed E-state index contributed by atoms with van der Waals surface area (Å²) in [4.78, 5) is 10.7. The molecule has 0 fully saturated rings. The molecule has 0 aromatic carbocycles. The van der Waals surface area contributed by atoms with Gasteiger partial charge in [-0.25, -0.2) is 0 Å². The fraction of sp³-hybridized carbons (Fsp3) is 0.800. The van der Waals surface area contributed by atoms with Gasteiger partial charge < -0.3 is 9.88 Å². The zero-order chi connectivity index (χ0) is 7.49. The van der Waals surface area contributed by atoms with Crippen LogP contribution < -0.4 is 5.32 Å². The maximum atomic E-state index is 10.9. The maximum absolute atomic E-state index is 10.9. The normalized spacial score (nSPS) is 11.4. The summed E-state index contributed by atoms with van der Waals surface area (Å²) in [6.45, 7) is 3.17. The zero-order valence-electron chi connectivity index (χ0n) is 5.97. The van der Waals surface area contributed by atoms with Crippen molar-refractivity contribution in [2.24, 2.45) is 0 Å². The smallest absolute Gasteiger partial charge is 0.204 e. The molecule has 0 atom stereocenters. The monoisotopic (exact) mass is 149 g/mol. The molecule has 0 radical (unpaired) electrons. The molecule has 0 aliphatic rings. The fourth-order valence-electron chi connectivity index (χ4n) is 0.342. The van der Waals surface area contributed by atoms with E-state index in [0.29, 0.717) is 0 Å². The van der Waals surface area contributed by atoms with Crippen LogP contribution in [0.3, 0.4) is 0 Å². The van der Waals surface area contributed by atoms with Crippen LogP contribution in [0.5, 0.6) is 0 Å². The van der Waals surface area contributed by atoms with Crippen molar-refractivity contribution in [3.05, 3.63) is 0 Å². The predicted octanol–water partition coefficient (Wildman–Crippen LogP) is 0.355. The van der Waals surface area contributed by atoms with E-state index in [0.717, 1.165) is 0 Å². The number of likely N-dealkylation sites (N-methyl/N-ethyl adjacent to an activating group) is 1. The second kappa shape index (κ2) is 3.14. The molecule has 0 aliphatic heterocycles. The average molecular weight is 149 g/mol. The third-order valence-corrected chi connectivity index (χ3v) is 2.29. The minimum atomic E-state index is -2.47. The lowest BCUT2D eigenvalue weighted by molar-refractivity contribution is -0.111. The first kappa shape index (κ1) is 8.86. The van der Waals surface area contributed by atoms with E-state index in [9.17, 15) is 9.36 Å². The second-order valence-electron chi connectivity index (χ2n) is 2.27. The molecule has 0 heterocycles. The summed E-state index contributed by atoms with van der Waals surface area (Å²) in [6, 6.07) is 0. The minimum Gasteiger partial charge on any atom is -0.316 e. The molecule has 0 aromatic heterocycles. The summed E-state index contributed by atoms with van der Waals surface area (Å²) < 4.78 is 10.9. The van der Waals surface area contributed by atoms with Gasteiger partial charge >= 0.3 is 0 Å². The fourth-order valence-corrected chi connectivity index (χ4v) is 0.881. The Kier molecular flexibility index (Phi) is 3.09. The van der Waals surface area contributed by atoms with Crippen molar-refractivity contribution in [3.8, 4) is 0 Å². The van der Waals surface area contributed by atoms with Crippen molar-refractivity contribution in [1.29, 1.82) is 0 Å². The van der Waals surface area contributed by atoms with Gasteiger partial charge in [-0.3, -0.25) is 4.79 Å². The van der Waals surface area contributed by atoms with E-state index in [2.05, 4.69) is 5.32 Å². The topological polar surface area (TPSA) is 46.2 Å². The third kappa shape index (κ3) is 3.44. The van der Waals surface area contributed by atoms with Gasteiger partial charge in [0.2, 0.25) is 5.52 Å². The van der Waals surface area contributed by atoms with Crippen LogP contribution in [0, 0.1) is 0 Å². The van der Waals surface area contributed by atoms with Gasteiger partial charge in [0.15, 0.2) is 0 Å². The first-order valence-electron chi connectivity index (χ1n) is 2.71. The number of carbonyl (C=O) groups is 1. The first-order valence-corrected chi connectivity index (χ1v) is 5.31. The van der Waals surface area contributed by atoms with Crippen LogP contribution in [0.15, 0.2) is 0 Å². The Hall–Kier alpha value is -0.140. The van der Waals surface area contributed by atoms with Crippen molar-refractivity contribution in [2.75, 3.05) is 26.9 Å². The van der Waals surface area contributed by atoms with Gasteiger partial charge in [0.1, 0.15) is 7.14 Å². The molecule has 9 heavy (non-hydrogen) atoms. The number of hydrogen-bond acceptors (Lipinski definition) is 3. The van der Waals surface area contributed by atoms with Crippen molar-refractivity contribution < 1.29 is 9.36 Å². The van der Waals surface area contributed by atoms with Crippen molar-refractivity contribution in [2.45, 2.75) is 0 Å². The van der Waals surface area contributed by atoms with Gasteiger partial charge in [0.05, 0.1) is 6.54 Å². The highest BCUT2D eigenvalue weighted by Gasteiger charge is 2.16. The molecule has 0 saturated carbocycles. The molecule has 0 spiro atoms. The molecular formula is C5H12NO2P. The highest BCUT2D eigenvalue weighted by Crippen LogP contribution is 2.36. The van der Waals surface area contributed by atoms with E-state index in [4.69, 9.17) is 0 Å². The summed E-state index contributed by atoms with van der Waals surface area (Å²) in [7, 11) is -0.814. The van der Waals surface area contributed by atoms with E-state index in [1.165, 1.54) is 13.3 Å². The lowest BCUT2D eigenvalue weighted by Gasteiger charge is -2.02. The molecule has 3 nitrogen and oxygen atoms in total. The van der Waals surface area contributed by atoms with Gasteiger partial charge in [-0.15, -0.1) is 0 Å². The Balaban J connectivity index is 3.90. The Morgan fingerprint density at radius 3 is 2.11 bits per heavy atom. The zero-order valence-corrected chi connectivity index (χ0v) is 6.87. The standard InChI is InChI=1S/C5H12NO2P/c1-6-4-5(7)9(2,3)8/h6H,4H2,1-3H3. The first-order chi connectivity index (χ1) is 3.98. The lowest BCUT2D eigenvalue weighted by atomic mass is 10.7. The van der Waals surface area contributed by atoms with Crippen LogP contribution >= 0.6 is 7.14 Å². The molecule has 0 unspecified atom stereocenters. The van der Waals surface area contributed by atoms with Crippen LogP contribution in [-0.2, 0) is 9.36 Å². The Bertz CT molecular complexity index is 149. The highest BCUT2D eigenvalue weighted by atomic mass is 31.2. The average Bonchev–Trinajstić information content (AvgIpc) is 1.64. The SMILES string of the molecule is CNCC(=O)P(C)(C)=O. The van der Waals surface area contributed by atoms with E-state index >= 15 is 0 Å². The van der Waals surface area contributed by atoms with Crippen molar-refractivity contribution >= 4 is 12.7 Å². The summed E-state index contributed by atoms with van der Waals surface area (Å²) in [5.41, 5.74) is -0.190. The van der Waals surface area contributed by atoms with Crippen molar-refractivity contribution in [1.82, 2.24) is 5.32 Å². The van der Waals surface area contributed by atoms with Crippen LogP contribution in [0.4, 0.5) is 0 Å². The molecule has 0 saturated heterocycles. The predicted molar refractivity (Wildman–Crippen MR) is 38.4 cm³/mol. The quantitative estimate of drug-likeness (QED) is 0.589. The van der Waals surface area contributed by atoms with Crippen LogP contribution in [0.25, 0.3) is 0 Å². The van der Waals surface area contributed by atoms with Gasteiger partial charge in [0.25, 0.3) is 0 Å². The van der Waals surface area contributed by atoms with Crippen LogP contribution in [0.1, 0.15) is 0 Å². The molecule has 4 heteroatoms. The summed E-state index contributed by atoms with van der Waals surface area (Å²) >= 11 is 0. The van der Waals surface area contributed by atoms with E-state index < -0.39 is 7.14 Å². The van der Waals surface area contributed by atoms with Crippen LogP contribution in [-0.4, -0.2) is 32.4 Å². The summed E-state index contributed by atoms with van der Waals surface area (Å²) in [5, 5.41) is 2.65. The minimum absolute atomic E-state index is 0.190. The van der Waals surface area contributed by atoms with Gasteiger partial charge in [-0.1, -0.05) is 0 Å². The number of nitrogens with one attached hydrogen (secondary N) is 1. The molecule has 1 N–H and O–H groups in total. The van der Waals surface area contributed by atoms with E-state index in [1.807, 2.05) is 0 Å². The summed E-state index contributed by atoms with van der Waals surface area (Å²) in [6.07, 6.45) is 0. The maximum Gasteiger partial charge on any atom is 0.204 e. The van der Waals surface area contributed by atoms with E-state index in [-0.39, 0.29) is 12.1 Å². The molecule has 0 amide bonds. The Labute approximate surface area is 55.2 Å².